The smallest absolute Gasteiger partial charge is 0.407 e. The van der Waals surface area contributed by atoms with E-state index in [1.807, 2.05) is 0 Å². The first kappa shape index (κ1) is 18.2. The molecule has 0 bridgehead atoms. The topological polar surface area (TPSA) is 96.5 Å². The van der Waals surface area contributed by atoms with Gasteiger partial charge in [-0.05, 0) is 12.8 Å². The second-order valence-corrected chi connectivity index (χ2v) is 4.69. The third kappa shape index (κ3) is 6.40. The fraction of sp³-hybridized carbons (Fsp3) is 0.769. The molecular weight excluding hydrogens is 262 g/mol. The molecule has 0 atom stereocenters. The molecular formula is C13H25N3O4. The first-order valence-electron chi connectivity index (χ1n) is 6.76. The molecule has 3 N–H and O–H groups in total. The van der Waals surface area contributed by atoms with Crippen LogP contribution < -0.4 is 16.0 Å². The molecule has 7 heteroatoms. The Labute approximate surface area is 119 Å². The van der Waals surface area contributed by atoms with Gasteiger partial charge in [-0.3, -0.25) is 9.59 Å². The number of carbonyl (C=O) groups excluding carboxylic acids is 3. The molecule has 1 fully saturated rings. The Balaban J connectivity index is 0.00000110. The highest BCUT2D eigenvalue weighted by Crippen LogP contribution is 2.45. The Morgan fingerprint density at radius 2 is 1.70 bits per heavy atom. The molecule has 1 aliphatic rings. The standard InChI is InChI=1S/C10H17N3O4.C3H8/c1-11-8(15)10(3-4-10)6-13-7(14)5-12-9(16)17-2;1-3-2/h3-6H2,1-2H3,(H,11,15)(H,12,16)(H,13,14);3H2,1-2H3. The van der Waals surface area contributed by atoms with Gasteiger partial charge in [0.25, 0.3) is 0 Å². The number of carbonyl (C=O) groups is 3. The lowest BCUT2D eigenvalue weighted by atomic mass is 10.1. The van der Waals surface area contributed by atoms with Gasteiger partial charge in [0, 0.05) is 13.6 Å². The maximum absolute atomic E-state index is 11.5. The zero-order valence-corrected chi connectivity index (χ0v) is 12.7. The van der Waals surface area contributed by atoms with E-state index in [0.29, 0.717) is 6.54 Å². The summed E-state index contributed by atoms with van der Waals surface area (Å²) in [5, 5.41) is 7.44. The van der Waals surface area contributed by atoms with Gasteiger partial charge >= 0.3 is 6.09 Å². The maximum atomic E-state index is 11.5. The van der Waals surface area contributed by atoms with E-state index in [1.54, 1.807) is 7.05 Å². The summed E-state index contributed by atoms with van der Waals surface area (Å²) in [7, 11) is 2.79. The van der Waals surface area contributed by atoms with Crippen molar-refractivity contribution in [2.75, 3.05) is 27.2 Å². The van der Waals surface area contributed by atoms with Crippen molar-refractivity contribution >= 4 is 17.9 Å². The molecule has 0 aromatic carbocycles. The van der Waals surface area contributed by atoms with Crippen LogP contribution in [0.5, 0.6) is 0 Å². The lowest BCUT2D eigenvalue weighted by molar-refractivity contribution is -0.126. The number of rotatable bonds is 5. The monoisotopic (exact) mass is 287 g/mol. The molecule has 20 heavy (non-hydrogen) atoms. The molecule has 7 nitrogen and oxygen atoms in total. The molecule has 0 spiro atoms. The number of ether oxygens (including phenoxy) is 1. The molecule has 0 saturated heterocycles. The highest BCUT2D eigenvalue weighted by Gasteiger charge is 2.49. The summed E-state index contributed by atoms with van der Waals surface area (Å²) in [4.78, 5) is 33.5. The third-order valence-electron chi connectivity index (χ3n) is 2.76. The first-order valence-corrected chi connectivity index (χ1v) is 6.76. The van der Waals surface area contributed by atoms with Crippen molar-refractivity contribution in [2.45, 2.75) is 33.1 Å². The highest BCUT2D eigenvalue weighted by molar-refractivity contribution is 5.87. The molecule has 0 radical (unpaired) electrons. The van der Waals surface area contributed by atoms with Crippen LogP contribution in [0, 0.1) is 5.41 Å². The van der Waals surface area contributed by atoms with Crippen LogP contribution in [0.1, 0.15) is 33.1 Å². The Morgan fingerprint density at radius 1 is 1.15 bits per heavy atom. The van der Waals surface area contributed by atoms with Gasteiger partial charge in [-0.2, -0.15) is 0 Å². The second kappa shape index (κ2) is 9.17. The number of nitrogens with one attached hydrogen (secondary N) is 3. The van der Waals surface area contributed by atoms with Crippen LogP contribution in [-0.4, -0.2) is 45.2 Å². The first-order chi connectivity index (χ1) is 9.45. The number of hydrogen-bond acceptors (Lipinski definition) is 4. The van der Waals surface area contributed by atoms with Gasteiger partial charge in [0.2, 0.25) is 11.8 Å². The highest BCUT2D eigenvalue weighted by atomic mass is 16.5. The lowest BCUT2D eigenvalue weighted by Gasteiger charge is -2.14. The van der Waals surface area contributed by atoms with Crippen molar-refractivity contribution in [1.29, 1.82) is 0 Å². The van der Waals surface area contributed by atoms with Crippen molar-refractivity contribution in [3.05, 3.63) is 0 Å². The Bertz CT molecular complexity index is 341. The van der Waals surface area contributed by atoms with E-state index >= 15 is 0 Å². The predicted molar refractivity (Wildman–Crippen MR) is 75.1 cm³/mol. The van der Waals surface area contributed by atoms with Crippen LogP contribution in [0.4, 0.5) is 4.79 Å². The van der Waals surface area contributed by atoms with Gasteiger partial charge in [0.15, 0.2) is 0 Å². The summed E-state index contributed by atoms with van der Waals surface area (Å²) in [5.41, 5.74) is -0.449. The fourth-order valence-electron chi connectivity index (χ4n) is 1.46. The quantitative estimate of drug-likeness (QED) is 0.682. The van der Waals surface area contributed by atoms with Crippen molar-refractivity contribution in [2.24, 2.45) is 5.41 Å². The Kier molecular flexibility index (Phi) is 8.35. The molecule has 1 rings (SSSR count). The fourth-order valence-corrected chi connectivity index (χ4v) is 1.46. The maximum Gasteiger partial charge on any atom is 0.407 e. The summed E-state index contributed by atoms with van der Waals surface area (Å²) in [6, 6.07) is 0. The minimum Gasteiger partial charge on any atom is -0.453 e. The van der Waals surface area contributed by atoms with E-state index in [1.165, 1.54) is 13.5 Å². The summed E-state index contributed by atoms with van der Waals surface area (Å²) < 4.78 is 4.32. The molecule has 0 aromatic rings. The van der Waals surface area contributed by atoms with E-state index in [9.17, 15) is 14.4 Å². The normalized spacial score (nSPS) is 14.2. The Morgan fingerprint density at radius 3 is 2.10 bits per heavy atom. The largest absolute Gasteiger partial charge is 0.453 e. The third-order valence-corrected chi connectivity index (χ3v) is 2.76. The van der Waals surface area contributed by atoms with Gasteiger partial charge in [-0.15, -0.1) is 0 Å². The summed E-state index contributed by atoms with van der Waals surface area (Å²) in [6.07, 6.45) is 2.14. The minimum absolute atomic E-state index is 0.0567. The van der Waals surface area contributed by atoms with E-state index in [4.69, 9.17) is 0 Å². The zero-order valence-electron chi connectivity index (χ0n) is 12.7. The van der Waals surface area contributed by atoms with Crippen LogP contribution in [0.3, 0.4) is 0 Å². The molecule has 0 unspecified atom stereocenters. The van der Waals surface area contributed by atoms with Crippen molar-refractivity contribution in [3.8, 4) is 0 Å². The van der Waals surface area contributed by atoms with E-state index < -0.39 is 11.5 Å². The van der Waals surface area contributed by atoms with E-state index in [2.05, 4.69) is 34.5 Å². The van der Waals surface area contributed by atoms with Gasteiger partial charge < -0.3 is 20.7 Å². The van der Waals surface area contributed by atoms with Gasteiger partial charge in [0.1, 0.15) is 0 Å². The minimum atomic E-state index is -0.660. The number of methoxy groups -OCH3 is 1. The van der Waals surface area contributed by atoms with Crippen molar-refractivity contribution in [1.82, 2.24) is 16.0 Å². The van der Waals surface area contributed by atoms with Crippen molar-refractivity contribution in [3.63, 3.8) is 0 Å². The van der Waals surface area contributed by atoms with Crippen LogP contribution in [0.15, 0.2) is 0 Å². The zero-order chi connectivity index (χ0) is 15.6. The summed E-state index contributed by atoms with van der Waals surface area (Å²) in [5.74, 6) is -0.399. The van der Waals surface area contributed by atoms with Gasteiger partial charge in [-0.1, -0.05) is 20.3 Å². The molecule has 1 aliphatic carbocycles. The van der Waals surface area contributed by atoms with Crippen molar-refractivity contribution < 1.29 is 19.1 Å². The number of alkyl carbamates (subject to hydrolysis) is 1. The number of hydrogen-bond donors (Lipinski definition) is 3. The summed E-state index contributed by atoms with van der Waals surface area (Å²) >= 11 is 0. The molecule has 0 aliphatic heterocycles. The number of amides is 3. The molecule has 0 heterocycles. The molecule has 1 saturated carbocycles. The van der Waals surface area contributed by atoms with Crippen LogP contribution in [-0.2, 0) is 14.3 Å². The van der Waals surface area contributed by atoms with Crippen LogP contribution in [0.25, 0.3) is 0 Å². The lowest BCUT2D eigenvalue weighted by Crippen LogP contribution is -2.42. The van der Waals surface area contributed by atoms with Crippen LogP contribution in [0.2, 0.25) is 0 Å². The predicted octanol–water partition coefficient (Wildman–Crippen LogP) is 0.401. The van der Waals surface area contributed by atoms with Gasteiger partial charge in [0.05, 0.1) is 19.1 Å². The molecule has 116 valence electrons. The van der Waals surface area contributed by atoms with E-state index in [-0.39, 0.29) is 18.4 Å². The summed E-state index contributed by atoms with van der Waals surface area (Å²) in [6.45, 7) is 4.39. The average Bonchev–Trinajstić information content (AvgIpc) is 3.23. The average molecular weight is 287 g/mol. The SMILES string of the molecule is CCC.CNC(=O)C1(CNC(=O)CNC(=O)OC)CC1. The van der Waals surface area contributed by atoms with Crippen LogP contribution >= 0.6 is 0 Å². The van der Waals surface area contributed by atoms with Gasteiger partial charge in [-0.25, -0.2) is 4.79 Å². The molecule has 0 aromatic heterocycles. The Hall–Kier alpha value is -1.79. The second-order valence-electron chi connectivity index (χ2n) is 4.69. The van der Waals surface area contributed by atoms with E-state index in [0.717, 1.165) is 12.8 Å². The molecule has 3 amide bonds.